The minimum atomic E-state index is -0.403. The van der Waals surface area contributed by atoms with Crippen molar-refractivity contribution >= 4 is 35.2 Å². The van der Waals surface area contributed by atoms with Crippen LogP contribution in [0.3, 0.4) is 0 Å². The maximum absolute atomic E-state index is 13.4. The monoisotopic (exact) mass is 432 g/mol. The predicted molar refractivity (Wildman–Crippen MR) is 109 cm³/mol. The fourth-order valence-electron chi connectivity index (χ4n) is 4.14. The second kappa shape index (κ2) is 7.02. The summed E-state index contributed by atoms with van der Waals surface area (Å²) in [6.07, 6.45) is 3.26. The topological polar surface area (TPSA) is 79.5 Å². The third-order valence-corrected chi connectivity index (χ3v) is 7.62. The van der Waals surface area contributed by atoms with Crippen LogP contribution in [0.2, 0.25) is 5.02 Å². The van der Waals surface area contributed by atoms with Gasteiger partial charge >= 0.3 is 0 Å². The third kappa shape index (κ3) is 3.42. The predicted octanol–water partition coefficient (Wildman–Crippen LogP) is 3.34. The lowest BCUT2D eigenvalue weighted by atomic mass is 10.2. The fourth-order valence-corrected chi connectivity index (χ4v) is 5.69. The molecule has 1 saturated carbocycles. The Morgan fingerprint density at radius 3 is 2.83 bits per heavy atom. The summed E-state index contributed by atoms with van der Waals surface area (Å²) < 4.78 is 5.81. The van der Waals surface area contributed by atoms with Crippen molar-refractivity contribution < 1.29 is 14.0 Å². The maximum Gasteiger partial charge on any atom is 0.247 e. The Labute approximate surface area is 177 Å². The van der Waals surface area contributed by atoms with Crippen LogP contribution in [0.5, 0.6) is 0 Å². The number of hydrogen-bond donors (Lipinski definition) is 0. The van der Waals surface area contributed by atoms with Crippen LogP contribution < -0.4 is 0 Å². The van der Waals surface area contributed by atoms with E-state index in [1.165, 1.54) is 0 Å². The van der Waals surface area contributed by atoms with Gasteiger partial charge in [-0.3, -0.25) is 9.59 Å². The highest BCUT2D eigenvalue weighted by Gasteiger charge is 2.54. The molecule has 0 N–H and O–H groups in total. The van der Waals surface area contributed by atoms with Crippen molar-refractivity contribution in [1.29, 1.82) is 0 Å². The van der Waals surface area contributed by atoms with Crippen LogP contribution >= 0.6 is 23.4 Å². The molecule has 0 bridgehead atoms. The number of carbonyl (C=O) groups excluding carboxylic acids is 2. The molecule has 1 aromatic carbocycles. The van der Waals surface area contributed by atoms with E-state index in [-0.39, 0.29) is 29.3 Å². The highest BCUT2D eigenvalue weighted by molar-refractivity contribution is 8.01. The average Bonchev–Trinajstić information content (AvgIpc) is 3.22. The molecule has 2 unspecified atom stereocenters. The second-order valence-corrected chi connectivity index (χ2v) is 9.91. The molecule has 1 aromatic heterocycles. The van der Waals surface area contributed by atoms with E-state index in [2.05, 4.69) is 17.1 Å². The molecule has 5 rings (SSSR count). The lowest BCUT2D eigenvalue weighted by molar-refractivity contribution is -0.144. The van der Waals surface area contributed by atoms with Gasteiger partial charge in [0, 0.05) is 28.8 Å². The molecule has 2 atom stereocenters. The lowest BCUT2D eigenvalue weighted by Crippen LogP contribution is -2.51. The molecule has 0 radical (unpaired) electrons. The van der Waals surface area contributed by atoms with Crippen molar-refractivity contribution in [3.63, 3.8) is 0 Å². The van der Waals surface area contributed by atoms with Crippen LogP contribution in [0.25, 0.3) is 11.5 Å². The van der Waals surface area contributed by atoms with E-state index >= 15 is 0 Å². The molecule has 3 fully saturated rings. The Kier molecular flexibility index (Phi) is 4.58. The molecular weight excluding hydrogens is 412 g/mol. The summed E-state index contributed by atoms with van der Waals surface area (Å²) in [4.78, 5) is 29.2. The fraction of sp³-hybridized carbons (Fsp3) is 0.500. The van der Waals surface area contributed by atoms with Gasteiger partial charge in [0.25, 0.3) is 0 Å². The zero-order valence-electron chi connectivity index (χ0n) is 16.0. The second-order valence-electron chi connectivity index (χ2n) is 7.97. The number of carbonyl (C=O) groups is 2. The number of fused-ring (bicyclic) bond motifs is 1. The number of aromatic nitrogens is 2. The number of halogens is 1. The van der Waals surface area contributed by atoms with Crippen LogP contribution in [0.15, 0.2) is 28.7 Å². The number of benzene rings is 1. The minimum Gasteiger partial charge on any atom is -0.419 e. The third-order valence-electron chi connectivity index (χ3n) is 5.86. The van der Waals surface area contributed by atoms with Gasteiger partial charge in [0.2, 0.25) is 23.6 Å². The van der Waals surface area contributed by atoms with E-state index in [4.69, 9.17) is 16.0 Å². The summed E-state index contributed by atoms with van der Waals surface area (Å²) in [5.74, 6) is 1.51. The Hall–Kier alpha value is -2.06. The van der Waals surface area contributed by atoms with Crippen molar-refractivity contribution in [2.75, 3.05) is 5.75 Å². The Morgan fingerprint density at radius 2 is 2.10 bits per heavy atom. The summed E-state index contributed by atoms with van der Waals surface area (Å²) >= 11 is 7.64. The molecule has 2 aliphatic heterocycles. The van der Waals surface area contributed by atoms with Crippen LogP contribution in [0.4, 0.5) is 0 Å². The van der Waals surface area contributed by atoms with Crippen molar-refractivity contribution in [3.8, 4) is 11.5 Å². The van der Waals surface area contributed by atoms with Crippen molar-refractivity contribution in [3.05, 3.63) is 35.2 Å². The van der Waals surface area contributed by atoms with Crippen LogP contribution in [0.1, 0.15) is 38.5 Å². The molecule has 3 heterocycles. The molecule has 7 nitrogen and oxygen atoms in total. The molecule has 2 saturated heterocycles. The maximum atomic E-state index is 13.4. The SMILES string of the molecule is CC12CCC(=O)N1C(C(=O)N(Cc1nnc(-c3ccc(Cl)cc3)o1)C1CC1)CS2. The van der Waals surface area contributed by atoms with Crippen LogP contribution in [-0.2, 0) is 16.1 Å². The summed E-state index contributed by atoms with van der Waals surface area (Å²) in [6.45, 7) is 2.33. The first-order valence-electron chi connectivity index (χ1n) is 9.79. The van der Waals surface area contributed by atoms with Gasteiger partial charge in [-0.1, -0.05) is 11.6 Å². The van der Waals surface area contributed by atoms with Gasteiger partial charge < -0.3 is 14.2 Å². The standard InChI is InChI=1S/C20H21ClN4O3S/c1-20-9-8-17(26)25(20)15(11-29-20)19(27)24(14-6-7-14)10-16-22-23-18(28-16)12-2-4-13(21)5-3-12/h2-5,14-15H,6-11H2,1H3. The molecular formula is C20H21ClN4O3S. The van der Waals surface area contributed by atoms with Gasteiger partial charge in [-0.15, -0.1) is 22.0 Å². The van der Waals surface area contributed by atoms with E-state index in [0.717, 1.165) is 24.8 Å². The average molecular weight is 433 g/mol. The zero-order valence-corrected chi connectivity index (χ0v) is 17.6. The molecule has 0 spiro atoms. The molecule has 9 heteroatoms. The quantitative estimate of drug-likeness (QED) is 0.721. The highest BCUT2D eigenvalue weighted by Crippen LogP contribution is 2.48. The molecule has 1 aliphatic carbocycles. The van der Waals surface area contributed by atoms with Gasteiger partial charge in [-0.05, 0) is 50.5 Å². The van der Waals surface area contributed by atoms with E-state index in [0.29, 0.717) is 29.0 Å². The van der Waals surface area contributed by atoms with E-state index < -0.39 is 6.04 Å². The molecule has 29 heavy (non-hydrogen) atoms. The van der Waals surface area contributed by atoms with E-state index in [1.807, 2.05) is 21.9 Å². The van der Waals surface area contributed by atoms with Gasteiger partial charge in [-0.2, -0.15) is 0 Å². The van der Waals surface area contributed by atoms with Crippen molar-refractivity contribution in [2.45, 2.75) is 56.1 Å². The number of amides is 2. The number of nitrogens with zero attached hydrogens (tertiary/aromatic N) is 4. The summed E-state index contributed by atoms with van der Waals surface area (Å²) in [7, 11) is 0. The molecule has 3 aliphatic rings. The van der Waals surface area contributed by atoms with Crippen molar-refractivity contribution in [2.24, 2.45) is 0 Å². The van der Waals surface area contributed by atoms with Gasteiger partial charge in [0.05, 0.1) is 11.4 Å². The largest absolute Gasteiger partial charge is 0.419 e. The number of hydrogen-bond acceptors (Lipinski definition) is 6. The highest BCUT2D eigenvalue weighted by atomic mass is 35.5. The summed E-state index contributed by atoms with van der Waals surface area (Å²) in [5, 5.41) is 8.89. The Morgan fingerprint density at radius 1 is 1.34 bits per heavy atom. The molecule has 2 amide bonds. The van der Waals surface area contributed by atoms with Gasteiger partial charge in [0.1, 0.15) is 6.04 Å². The summed E-state index contributed by atoms with van der Waals surface area (Å²) in [6, 6.07) is 6.95. The Balaban J connectivity index is 1.35. The van der Waals surface area contributed by atoms with Gasteiger partial charge in [0.15, 0.2) is 0 Å². The zero-order chi connectivity index (χ0) is 20.2. The summed E-state index contributed by atoms with van der Waals surface area (Å²) in [5.41, 5.74) is 0.781. The number of rotatable bonds is 5. The molecule has 2 aromatic rings. The normalized spacial score (nSPS) is 26.1. The first kappa shape index (κ1) is 18.9. The smallest absolute Gasteiger partial charge is 0.247 e. The molecule has 152 valence electrons. The minimum absolute atomic E-state index is 0.00906. The first-order valence-corrected chi connectivity index (χ1v) is 11.2. The van der Waals surface area contributed by atoms with Crippen LogP contribution in [-0.4, -0.2) is 54.5 Å². The Bertz CT molecular complexity index is 961. The van der Waals surface area contributed by atoms with Crippen LogP contribution in [0, 0.1) is 0 Å². The van der Waals surface area contributed by atoms with E-state index in [9.17, 15) is 9.59 Å². The van der Waals surface area contributed by atoms with Gasteiger partial charge in [-0.25, -0.2) is 0 Å². The van der Waals surface area contributed by atoms with Crippen molar-refractivity contribution in [1.82, 2.24) is 20.0 Å². The lowest BCUT2D eigenvalue weighted by Gasteiger charge is -2.32. The van der Waals surface area contributed by atoms with E-state index in [1.54, 1.807) is 23.9 Å². The number of thioether (sulfide) groups is 1. The first-order chi connectivity index (χ1) is 13.9.